The van der Waals surface area contributed by atoms with Crippen LogP contribution in [0, 0.1) is 0 Å². The largest absolute Gasteiger partial charge is 0.483 e. The molecule has 1 heterocycles. The summed E-state index contributed by atoms with van der Waals surface area (Å²) < 4.78 is 4.94. The minimum atomic E-state index is -0.250. The number of aliphatic hydroxyl groups is 2. The molecule has 0 radical (unpaired) electrons. The van der Waals surface area contributed by atoms with Crippen LogP contribution in [0.4, 0.5) is 0 Å². The van der Waals surface area contributed by atoms with Crippen molar-refractivity contribution in [3.63, 3.8) is 0 Å². The van der Waals surface area contributed by atoms with Crippen LogP contribution in [0.15, 0.2) is 0 Å². The Morgan fingerprint density at radius 2 is 1.54 bits per heavy atom. The predicted octanol–water partition coefficient (Wildman–Crippen LogP) is 0.105. The Labute approximate surface area is 79.0 Å². The molecule has 13 heavy (non-hydrogen) atoms. The molecule has 1 saturated heterocycles. The summed E-state index contributed by atoms with van der Waals surface area (Å²) in [5.74, 6) is 0. The number of ether oxygens (including phenoxy) is 1. The fourth-order valence-electron chi connectivity index (χ4n) is 0.510. The maximum Gasteiger partial charge on any atom is 0.290 e. The zero-order chi connectivity index (χ0) is 10.9. The molecule has 0 aliphatic carbocycles. The number of carbonyl (C=O) groups is 1. The van der Waals surface area contributed by atoms with Gasteiger partial charge < -0.3 is 20.1 Å². The standard InChI is InChI=1S/C4H8O.C2H6O.CH2O2.CH4O/c1-2-4-5-3-1;1-2-3;2-1-3;1-2/h1-4H2;3H,2H2,1H3;1H,(H,2,3);2H,1H3. The van der Waals surface area contributed by atoms with Crippen LogP contribution in [0.5, 0.6) is 0 Å². The Balaban J connectivity index is -0.000000112. The van der Waals surface area contributed by atoms with E-state index in [1.54, 1.807) is 6.92 Å². The molecule has 5 nitrogen and oxygen atoms in total. The smallest absolute Gasteiger partial charge is 0.290 e. The fourth-order valence-corrected chi connectivity index (χ4v) is 0.510. The summed E-state index contributed by atoms with van der Waals surface area (Å²) in [5.41, 5.74) is 0. The zero-order valence-electron chi connectivity index (χ0n) is 8.27. The van der Waals surface area contributed by atoms with Crippen LogP contribution in [0.1, 0.15) is 19.8 Å². The first-order valence-electron chi connectivity index (χ1n) is 4.04. The van der Waals surface area contributed by atoms with Crippen molar-refractivity contribution in [2.24, 2.45) is 0 Å². The molecule has 1 aliphatic heterocycles. The monoisotopic (exact) mass is 196 g/mol. The van der Waals surface area contributed by atoms with Crippen molar-refractivity contribution < 1.29 is 24.9 Å². The fraction of sp³-hybridized carbons (Fsp3) is 0.875. The van der Waals surface area contributed by atoms with E-state index < -0.39 is 0 Å². The molecule has 0 aromatic heterocycles. The lowest BCUT2D eigenvalue weighted by Gasteiger charge is -1.76. The molecule has 0 saturated carbocycles. The molecule has 0 aromatic rings. The van der Waals surface area contributed by atoms with E-state index in [-0.39, 0.29) is 13.1 Å². The number of aliphatic hydroxyl groups excluding tert-OH is 2. The van der Waals surface area contributed by atoms with Crippen LogP contribution in [0.25, 0.3) is 0 Å². The number of hydrogen-bond acceptors (Lipinski definition) is 4. The maximum absolute atomic E-state index is 8.36. The summed E-state index contributed by atoms with van der Waals surface area (Å²) >= 11 is 0. The van der Waals surface area contributed by atoms with Gasteiger partial charge in [0.05, 0.1) is 0 Å². The second-order valence-corrected chi connectivity index (χ2v) is 1.74. The minimum Gasteiger partial charge on any atom is -0.483 e. The van der Waals surface area contributed by atoms with Gasteiger partial charge in [0.2, 0.25) is 0 Å². The summed E-state index contributed by atoms with van der Waals surface area (Å²) in [6.45, 7) is 3.68. The van der Waals surface area contributed by atoms with Crippen LogP contribution in [0.3, 0.4) is 0 Å². The number of rotatable bonds is 0. The maximum atomic E-state index is 8.36. The Hall–Kier alpha value is -0.650. The Kier molecular flexibility index (Phi) is 42.2. The lowest BCUT2D eigenvalue weighted by molar-refractivity contribution is -0.122. The summed E-state index contributed by atoms with van der Waals surface area (Å²) in [6, 6.07) is 0. The van der Waals surface area contributed by atoms with Crippen molar-refractivity contribution in [3.8, 4) is 0 Å². The molecule has 82 valence electrons. The Morgan fingerprint density at radius 1 is 1.31 bits per heavy atom. The van der Waals surface area contributed by atoms with E-state index in [9.17, 15) is 0 Å². The lowest BCUT2D eigenvalue weighted by atomic mass is 10.4. The van der Waals surface area contributed by atoms with E-state index in [1.165, 1.54) is 12.8 Å². The van der Waals surface area contributed by atoms with Gasteiger partial charge in [-0.3, -0.25) is 4.79 Å². The molecular weight excluding hydrogens is 176 g/mol. The molecular formula is C8H20O5. The van der Waals surface area contributed by atoms with Crippen molar-refractivity contribution in [2.75, 3.05) is 26.9 Å². The first kappa shape index (κ1) is 18.2. The topological polar surface area (TPSA) is 87.0 Å². The van der Waals surface area contributed by atoms with Gasteiger partial charge in [0, 0.05) is 26.9 Å². The second-order valence-electron chi connectivity index (χ2n) is 1.74. The molecule has 1 fully saturated rings. The molecule has 0 atom stereocenters. The van der Waals surface area contributed by atoms with E-state index in [4.69, 9.17) is 24.9 Å². The average Bonchev–Trinajstić information content (AvgIpc) is 2.66. The van der Waals surface area contributed by atoms with Gasteiger partial charge >= 0.3 is 0 Å². The van der Waals surface area contributed by atoms with Gasteiger partial charge in [-0.25, -0.2) is 0 Å². The lowest BCUT2D eigenvalue weighted by Crippen LogP contribution is -1.74. The summed E-state index contributed by atoms with van der Waals surface area (Å²) in [7, 11) is 1.00. The molecule has 0 bridgehead atoms. The molecule has 1 rings (SSSR count). The van der Waals surface area contributed by atoms with Crippen LogP contribution in [-0.2, 0) is 9.53 Å². The third-order valence-electron chi connectivity index (χ3n) is 0.827. The molecule has 1 aliphatic rings. The van der Waals surface area contributed by atoms with Crippen LogP contribution in [0.2, 0.25) is 0 Å². The minimum absolute atomic E-state index is 0.250. The van der Waals surface area contributed by atoms with Crippen molar-refractivity contribution in [2.45, 2.75) is 19.8 Å². The summed E-state index contributed by atoms with van der Waals surface area (Å²) in [5, 5.41) is 21.5. The van der Waals surface area contributed by atoms with Gasteiger partial charge in [-0.2, -0.15) is 0 Å². The Morgan fingerprint density at radius 3 is 1.62 bits per heavy atom. The Bertz CT molecular complexity index is 55.9. The first-order valence-corrected chi connectivity index (χ1v) is 4.04. The number of carboxylic acid groups (broad SMARTS) is 1. The van der Waals surface area contributed by atoms with E-state index in [2.05, 4.69) is 0 Å². The average molecular weight is 196 g/mol. The number of hydrogen-bond donors (Lipinski definition) is 3. The van der Waals surface area contributed by atoms with Gasteiger partial charge in [-0.05, 0) is 19.8 Å². The third-order valence-corrected chi connectivity index (χ3v) is 0.827. The highest BCUT2D eigenvalue weighted by atomic mass is 16.5. The first-order chi connectivity index (χ1) is 6.33. The van der Waals surface area contributed by atoms with Gasteiger partial charge in [-0.15, -0.1) is 0 Å². The van der Waals surface area contributed by atoms with Gasteiger partial charge in [0.25, 0.3) is 6.47 Å². The zero-order valence-corrected chi connectivity index (χ0v) is 8.27. The van der Waals surface area contributed by atoms with E-state index in [0.717, 1.165) is 20.3 Å². The second kappa shape index (κ2) is 30.2. The van der Waals surface area contributed by atoms with Crippen LogP contribution < -0.4 is 0 Å². The van der Waals surface area contributed by atoms with Crippen molar-refractivity contribution in [1.82, 2.24) is 0 Å². The normalized spacial score (nSPS) is 12.0. The van der Waals surface area contributed by atoms with Gasteiger partial charge in [0.15, 0.2) is 0 Å². The highest BCUT2D eigenvalue weighted by Gasteiger charge is 1.94. The van der Waals surface area contributed by atoms with Crippen LogP contribution in [-0.4, -0.2) is 48.7 Å². The molecule has 0 aromatic carbocycles. The van der Waals surface area contributed by atoms with E-state index >= 15 is 0 Å². The predicted molar refractivity (Wildman–Crippen MR) is 49.6 cm³/mol. The quantitative estimate of drug-likeness (QED) is 0.478. The highest BCUT2D eigenvalue weighted by molar-refractivity contribution is 5.32. The molecule has 5 heteroatoms. The SMILES string of the molecule is C1CCOC1.CCO.CO.O=CO. The summed E-state index contributed by atoms with van der Waals surface area (Å²) in [4.78, 5) is 8.36. The third kappa shape index (κ3) is 52.4. The van der Waals surface area contributed by atoms with E-state index in [0.29, 0.717) is 0 Å². The van der Waals surface area contributed by atoms with Crippen LogP contribution >= 0.6 is 0 Å². The van der Waals surface area contributed by atoms with E-state index in [1.807, 2.05) is 0 Å². The molecule has 3 N–H and O–H groups in total. The summed E-state index contributed by atoms with van der Waals surface area (Å²) in [6.07, 6.45) is 2.56. The van der Waals surface area contributed by atoms with Crippen molar-refractivity contribution in [3.05, 3.63) is 0 Å². The van der Waals surface area contributed by atoms with Gasteiger partial charge in [-0.1, -0.05) is 0 Å². The van der Waals surface area contributed by atoms with Gasteiger partial charge in [0.1, 0.15) is 0 Å². The molecule has 0 amide bonds. The highest BCUT2D eigenvalue weighted by Crippen LogP contribution is 1.98. The van der Waals surface area contributed by atoms with Crippen molar-refractivity contribution in [1.29, 1.82) is 0 Å². The molecule has 0 unspecified atom stereocenters. The van der Waals surface area contributed by atoms with Crippen molar-refractivity contribution >= 4 is 6.47 Å². The molecule has 0 spiro atoms.